The van der Waals surface area contributed by atoms with E-state index in [2.05, 4.69) is 150 Å². The Morgan fingerprint density at radius 1 is 0.600 bits per heavy atom. The number of aromatic nitrogens is 3. The van der Waals surface area contributed by atoms with E-state index in [0.29, 0.717) is 0 Å². The predicted molar refractivity (Wildman–Crippen MR) is 188 cm³/mol. The second-order valence-corrected chi connectivity index (χ2v) is 11.6. The first kappa shape index (κ1) is 25.6. The molecule has 4 nitrogen and oxygen atoms in total. The first-order valence-corrected chi connectivity index (χ1v) is 15.4. The summed E-state index contributed by atoms with van der Waals surface area (Å²) in [4.78, 5) is 5.33. The molecule has 0 fully saturated rings. The van der Waals surface area contributed by atoms with Crippen molar-refractivity contribution in [3.05, 3.63) is 145 Å². The topological polar surface area (TPSA) is 35.9 Å². The normalized spacial score (nSPS) is 12.1. The number of fused-ring (bicyclic) bond motifs is 8. The van der Waals surface area contributed by atoms with Crippen molar-refractivity contribution in [2.45, 2.75) is 13.8 Å². The molecule has 5 aromatic carbocycles. The summed E-state index contributed by atoms with van der Waals surface area (Å²) < 4.78 is 10.9. The van der Waals surface area contributed by atoms with Crippen LogP contribution in [-0.2, 0) is 0 Å². The van der Waals surface area contributed by atoms with Crippen LogP contribution in [-0.4, -0.2) is 14.1 Å². The van der Waals surface area contributed by atoms with Crippen LogP contribution in [0.3, 0.4) is 0 Å². The lowest BCUT2D eigenvalue weighted by molar-refractivity contribution is 0.669. The van der Waals surface area contributed by atoms with Crippen LogP contribution in [0.25, 0.3) is 83.5 Å². The minimum atomic E-state index is 0.885. The molecule has 0 aliphatic heterocycles. The molecule has 0 radical (unpaired) electrons. The zero-order valence-electron chi connectivity index (χ0n) is 25.0. The molecule has 0 N–H and O–H groups in total. The minimum absolute atomic E-state index is 0.885. The van der Waals surface area contributed by atoms with Crippen molar-refractivity contribution < 1.29 is 4.42 Å². The number of furan rings is 1. The van der Waals surface area contributed by atoms with Crippen LogP contribution in [0.5, 0.6) is 0 Å². The molecule has 0 unspecified atom stereocenters. The van der Waals surface area contributed by atoms with Gasteiger partial charge in [-0.3, -0.25) is 4.57 Å². The molecule has 0 atom stereocenters. The smallest absolute Gasteiger partial charge is 0.138 e. The third-order valence-corrected chi connectivity index (χ3v) is 9.03. The fourth-order valence-corrected chi connectivity index (χ4v) is 7.07. The van der Waals surface area contributed by atoms with E-state index in [1.54, 1.807) is 0 Å². The average molecular weight is 580 g/mol. The van der Waals surface area contributed by atoms with Crippen LogP contribution in [0.4, 0.5) is 0 Å². The van der Waals surface area contributed by atoms with Crippen molar-refractivity contribution in [3.8, 4) is 22.8 Å². The van der Waals surface area contributed by atoms with Gasteiger partial charge in [-0.2, -0.15) is 0 Å². The van der Waals surface area contributed by atoms with Gasteiger partial charge in [0.05, 0.1) is 22.2 Å². The summed E-state index contributed by atoms with van der Waals surface area (Å²) in [6.45, 7) is 4.28. The Hall–Kier alpha value is -5.87. The third-order valence-electron chi connectivity index (χ3n) is 9.03. The number of nitrogens with zero attached hydrogens (tertiary/aromatic N) is 3. The van der Waals surface area contributed by atoms with Crippen molar-refractivity contribution >= 4 is 60.7 Å². The zero-order chi connectivity index (χ0) is 30.1. The van der Waals surface area contributed by atoms with Crippen LogP contribution >= 0.6 is 0 Å². The predicted octanol–water partition coefficient (Wildman–Crippen LogP) is 11.0. The maximum atomic E-state index is 6.11. The van der Waals surface area contributed by atoms with Crippen LogP contribution in [0.1, 0.15) is 18.2 Å². The van der Waals surface area contributed by atoms with Crippen molar-refractivity contribution in [1.82, 2.24) is 14.1 Å². The second-order valence-electron chi connectivity index (χ2n) is 11.6. The Morgan fingerprint density at radius 2 is 1.33 bits per heavy atom. The number of hydrogen-bond acceptors (Lipinski definition) is 2. The Morgan fingerprint density at radius 3 is 2.20 bits per heavy atom. The number of allylic oxidation sites excluding steroid dienone is 1. The Balaban J connectivity index is 1.36. The molecule has 4 heteroatoms. The highest BCUT2D eigenvalue weighted by molar-refractivity contribution is 6.19. The number of hydrogen-bond donors (Lipinski definition) is 0. The first-order valence-electron chi connectivity index (χ1n) is 15.4. The summed E-state index contributed by atoms with van der Waals surface area (Å²) in [5.41, 5.74) is 10.8. The maximum Gasteiger partial charge on any atom is 0.138 e. The van der Waals surface area contributed by atoms with E-state index >= 15 is 0 Å². The van der Waals surface area contributed by atoms with E-state index in [4.69, 9.17) is 9.40 Å². The molecule has 214 valence electrons. The first-order chi connectivity index (χ1) is 22.2. The molecule has 4 heterocycles. The van der Waals surface area contributed by atoms with E-state index in [-0.39, 0.29) is 0 Å². The lowest BCUT2D eigenvalue weighted by Crippen LogP contribution is -2.03. The van der Waals surface area contributed by atoms with E-state index in [1.807, 2.05) is 12.1 Å². The van der Waals surface area contributed by atoms with Gasteiger partial charge in [0.2, 0.25) is 0 Å². The summed E-state index contributed by atoms with van der Waals surface area (Å²) in [6.07, 6.45) is 4.34. The number of pyridine rings is 1. The van der Waals surface area contributed by atoms with Gasteiger partial charge in [0.1, 0.15) is 17.0 Å². The van der Waals surface area contributed by atoms with Gasteiger partial charge in [-0.1, -0.05) is 84.9 Å². The zero-order valence-corrected chi connectivity index (χ0v) is 25.0. The Labute approximate surface area is 260 Å². The minimum Gasteiger partial charge on any atom is -0.456 e. The molecule has 0 bridgehead atoms. The van der Waals surface area contributed by atoms with Crippen molar-refractivity contribution in [2.24, 2.45) is 0 Å². The molecule has 4 aromatic heterocycles. The Kier molecular flexibility index (Phi) is 5.59. The average Bonchev–Trinajstić information content (AvgIpc) is 3.72. The van der Waals surface area contributed by atoms with Crippen LogP contribution < -0.4 is 0 Å². The highest BCUT2D eigenvalue weighted by Gasteiger charge is 2.22. The molecule has 0 amide bonds. The van der Waals surface area contributed by atoms with Crippen molar-refractivity contribution in [1.29, 1.82) is 0 Å². The third kappa shape index (κ3) is 3.76. The number of rotatable bonds is 4. The Bertz CT molecular complexity index is 2610. The molecule has 0 aliphatic rings. The number of benzene rings is 5. The maximum absolute atomic E-state index is 6.11. The molecular formula is C41H29N3O. The van der Waals surface area contributed by atoms with Crippen molar-refractivity contribution in [3.63, 3.8) is 0 Å². The summed E-state index contributed by atoms with van der Waals surface area (Å²) in [5, 5.41) is 5.88. The van der Waals surface area contributed by atoms with Gasteiger partial charge < -0.3 is 8.98 Å². The molecule has 9 rings (SSSR count). The fraction of sp³-hybridized carbons (Fsp3) is 0.0488. The van der Waals surface area contributed by atoms with Gasteiger partial charge in [-0.15, -0.1) is 0 Å². The highest BCUT2D eigenvalue weighted by Crippen LogP contribution is 2.41. The molecule has 0 spiro atoms. The molecule has 0 saturated heterocycles. The van der Waals surface area contributed by atoms with Crippen molar-refractivity contribution in [2.75, 3.05) is 0 Å². The van der Waals surface area contributed by atoms with Crippen LogP contribution in [0.2, 0.25) is 0 Å². The summed E-state index contributed by atoms with van der Waals surface area (Å²) in [7, 11) is 0. The molecule has 0 aliphatic carbocycles. The van der Waals surface area contributed by atoms with Gasteiger partial charge in [-0.25, -0.2) is 4.98 Å². The van der Waals surface area contributed by atoms with Gasteiger partial charge in [0, 0.05) is 49.4 Å². The lowest BCUT2D eigenvalue weighted by Gasteiger charge is -2.13. The summed E-state index contributed by atoms with van der Waals surface area (Å²) in [6, 6.07) is 44.8. The largest absolute Gasteiger partial charge is 0.456 e. The monoisotopic (exact) mass is 579 g/mol. The molecule has 0 saturated carbocycles. The van der Waals surface area contributed by atoms with Gasteiger partial charge in [0.25, 0.3) is 0 Å². The van der Waals surface area contributed by atoms with E-state index in [0.717, 1.165) is 55.9 Å². The molecule has 9 aromatic rings. The van der Waals surface area contributed by atoms with E-state index < -0.39 is 0 Å². The van der Waals surface area contributed by atoms with Gasteiger partial charge >= 0.3 is 0 Å². The van der Waals surface area contributed by atoms with E-state index in [1.165, 1.54) is 32.8 Å². The second kappa shape index (κ2) is 9.83. The fourth-order valence-electron chi connectivity index (χ4n) is 7.07. The van der Waals surface area contributed by atoms with Crippen LogP contribution in [0.15, 0.2) is 138 Å². The highest BCUT2D eigenvalue weighted by atomic mass is 16.3. The van der Waals surface area contributed by atoms with E-state index in [9.17, 15) is 0 Å². The van der Waals surface area contributed by atoms with Gasteiger partial charge in [-0.05, 0) is 68.4 Å². The summed E-state index contributed by atoms with van der Waals surface area (Å²) in [5.74, 6) is 0.889. The standard InChI is InChI=1S/C41H29N3O/c1-3-12-29-26(2)43(39-20-11-17-35(42-39)27-21-24-38-34(25-27)31-16-8-10-19-37(31)45-38)40-32(29)22-23-33-30-15-7-9-18-36(30)44(41(33)40)28-13-5-4-6-14-28/h3-25H,1-2H3/b12-3-. The molecular weight excluding hydrogens is 550 g/mol. The SMILES string of the molecule is C/C=C\c1c(C)n(-c2cccc(-c3ccc4oc5ccccc5c4c3)n2)c2c1ccc1c3ccccc3n(-c3ccccc3)c12. The molecule has 45 heavy (non-hydrogen) atoms. The van der Waals surface area contributed by atoms with Crippen LogP contribution in [0, 0.1) is 6.92 Å². The van der Waals surface area contributed by atoms with Gasteiger partial charge in [0.15, 0.2) is 0 Å². The summed E-state index contributed by atoms with van der Waals surface area (Å²) >= 11 is 0. The quantitative estimate of drug-likeness (QED) is 0.208. The number of para-hydroxylation sites is 3. The lowest BCUT2D eigenvalue weighted by atomic mass is 10.1.